The van der Waals surface area contributed by atoms with Gasteiger partial charge in [0.25, 0.3) is 11.8 Å². The van der Waals surface area contributed by atoms with Crippen molar-refractivity contribution < 1.29 is 9.59 Å². The molecule has 2 aromatic carbocycles. The molecule has 2 amide bonds. The third-order valence-corrected chi connectivity index (χ3v) is 3.58. The van der Waals surface area contributed by atoms with E-state index in [1.165, 1.54) is 4.90 Å². The van der Waals surface area contributed by atoms with Crippen LogP contribution in [0.15, 0.2) is 60.7 Å². The SMILES string of the molecule is CN(C)C(=O)[C@](C)(NC(=O)c1ccccc1)c1ccccc1. The van der Waals surface area contributed by atoms with Gasteiger partial charge in [-0.3, -0.25) is 9.59 Å². The number of rotatable bonds is 4. The maximum atomic E-state index is 12.6. The lowest BCUT2D eigenvalue weighted by Crippen LogP contribution is -2.54. The Labute approximate surface area is 130 Å². The summed E-state index contributed by atoms with van der Waals surface area (Å²) in [4.78, 5) is 26.6. The van der Waals surface area contributed by atoms with E-state index in [1.54, 1.807) is 45.3 Å². The van der Waals surface area contributed by atoms with Gasteiger partial charge in [-0.2, -0.15) is 0 Å². The number of nitrogens with one attached hydrogen (secondary N) is 1. The standard InChI is InChI=1S/C18H20N2O2/c1-18(17(22)20(2)3,15-12-8-5-9-13-15)19-16(21)14-10-6-4-7-11-14/h4-13H,1-3H3,(H,19,21)/t18-/m1/s1. The number of hydrogen-bond acceptors (Lipinski definition) is 2. The lowest BCUT2D eigenvalue weighted by molar-refractivity contribution is -0.135. The van der Waals surface area contributed by atoms with Crippen molar-refractivity contribution in [2.75, 3.05) is 14.1 Å². The Morgan fingerprint density at radius 2 is 1.41 bits per heavy atom. The molecule has 22 heavy (non-hydrogen) atoms. The van der Waals surface area contributed by atoms with Crippen LogP contribution in [0.4, 0.5) is 0 Å². The highest BCUT2D eigenvalue weighted by molar-refractivity contribution is 5.99. The second-order valence-electron chi connectivity index (χ2n) is 5.51. The van der Waals surface area contributed by atoms with Crippen molar-refractivity contribution in [2.45, 2.75) is 12.5 Å². The summed E-state index contributed by atoms with van der Waals surface area (Å²) in [5.74, 6) is -0.454. The molecule has 0 saturated heterocycles. The maximum absolute atomic E-state index is 12.6. The van der Waals surface area contributed by atoms with Crippen LogP contribution in [0.1, 0.15) is 22.8 Å². The van der Waals surface area contributed by atoms with Gasteiger partial charge in [0.05, 0.1) is 0 Å². The van der Waals surface area contributed by atoms with Crippen LogP contribution in [0, 0.1) is 0 Å². The van der Waals surface area contributed by atoms with Crippen LogP contribution in [-0.2, 0) is 10.3 Å². The van der Waals surface area contributed by atoms with Crippen molar-refractivity contribution in [2.24, 2.45) is 0 Å². The molecule has 1 N–H and O–H groups in total. The van der Waals surface area contributed by atoms with E-state index in [1.807, 2.05) is 36.4 Å². The smallest absolute Gasteiger partial charge is 0.252 e. The Morgan fingerprint density at radius 1 is 0.909 bits per heavy atom. The van der Waals surface area contributed by atoms with E-state index < -0.39 is 5.54 Å². The molecule has 114 valence electrons. The number of hydrogen-bond donors (Lipinski definition) is 1. The van der Waals surface area contributed by atoms with Crippen LogP contribution in [0.25, 0.3) is 0 Å². The Hall–Kier alpha value is -2.62. The van der Waals surface area contributed by atoms with Crippen molar-refractivity contribution in [3.8, 4) is 0 Å². The average molecular weight is 296 g/mol. The molecular weight excluding hydrogens is 276 g/mol. The second kappa shape index (κ2) is 6.43. The molecule has 4 nitrogen and oxygen atoms in total. The number of amides is 2. The molecule has 0 fully saturated rings. The van der Waals surface area contributed by atoms with Gasteiger partial charge in [-0.15, -0.1) is 0 Å². The third kappa shape index (κ3) is 3.17. The topological polar surface area (TPSA) is 49.4 Å². The minimum absolute atomic E-state index is 0.178. The number of carbonyl (C=O) groups excluding carboxylic acids is 2. The molecule has 4 heteroatoms. The molecule has 1 atom stereocenters. The average Bonchev–Trinajstić information content (AvgIpc) is 2.55. The first-order valence-corrected chi connectivity index (χ1v) is 7.10. The van der Waals surface area contributed by atoms with Crippen LogP contribution < -0.4 is 5.32 Å². The minimum Gasteiger partial charge on any atom is -0.346 e. The number of carbonyl (C=O) groups is 2. The lowest BCUT2D eigenvalue weighted by Gasteiger charge is -2.32. The number of likely N-dealkylation sites (N-methyl/N-ethyl adjacent to an activating group) is 1. The van der Waals surface area contributed by atoms with Gasteiger partial charge in [0.15, 0.2) is 0 Å². The Balaban J connectivity index is 2.38. The first-order chi connectivity index (χ1) is 10.4. The summed E-state index contributed by atoms with van der Waals surface area (Å²) in [5.41, 5.74) is 0.159. The normalized spacial score (nSPS) is 13.0. The third-order valence-electron chi connectivity index (χ3n) is 3.58. The number of benzene rings is 2. The van der Waals surface area contributed by atoms with Crippen LogP contribution in [0.5, 0.6) is 0 Å². The van der Waals surface area contributed by atoms with Gasteiger partial charge in [-0.1, -0.05) is 48.5 Å². The summed E-state index contributed by atoms with van der Waals surface area (Å²) in [6.07, 6.45) is 0. The van der Waals surface area contributed by atoms with Gasteiger partial charge in [0, 0.05) is 19.7 Å². The van der Waals surface area contributed by atoms with E-state index in [-0.39, 0.29) is 11.8 Å². The highest BCUT2D eigenvalue weighted by Crippen LogP contribution is 2.23. The monoisotopic (exact) mass is 296 g/mol. The molecule has 2 rings (SSSR count). The second-order valence-corrected chi connectivity index (χ2v) is 5.51. The lowest BCUT2D eigenvalue weighted by atomic mass is 9.90. The molecule has 0 radical (unpaired) electrons. The summed E-state index contributed by atoms with van der Waals surface area (Å²) in [7, 11) is 3.36. The molecule has 0 aliphatic rings. The number of nitrogens with zero attached hydrogens (tertiary/aromatic N) is 1. The largest absolute Gasteiger partial charge is 0.346 e. The Kier molecular flexibility index (Phi) is 4.61. The van der Waals surface area contributed by atoms with Crippen LogP contribution in [-0.4, -0.2) is 30.8 Å². The first-order valence-electron chi connectivity index (χ1n) is 7.10. The molecule has 0 saturated carbocycles. The highest BCUT2D eigenvalue weighted by Gasteiger charge is 2.38. The summed E-state index contributed by atoms with van der Waals surface area (Å²) in [6, 6.07) is 18.1. The van der Waals surface area contributed by atoms with E-state index in [2.05, 4.69) is 5.32 Å². The zero-order chi connectivity index (χ0) is 16.2. The van der Waals surface area contributed by atoms with E-state index in [9.17, 15) is 9.59 Å². The van der Waals surface area contributed by atoms with E-state index >= 15 is 0 Å². The van der Waals surface area contributed by atoms with Gasteiger partial charge in [0.1, 0.15) is 5.54 Å². The fourth-order valence-corrected chi connectivity index (χ4v) is 2.36. The zero-order valence-electron chi connectivity index (χ0n) is 13.0. The first kappa shape index (κ1) is 15.8. The van der Waals surface area contributed by atoms with E-state index in [0.29, 0.717) is 5.56 Å². The molecule has 0 bridgehead atoms. The summed E-state index contributed by atoms with van der Waals surface area (Å²) in [5, 5.41) is 2.88. The van der Waals surface area contributed by atoms with Crippen molar-refractivity contribution in [1.82, 2.24) is 10.2 Å². The predicted molar refractivity (Wildman–Crippen MR) is 86.4 cm³/mol. The maximum Gasteiger partial charge on any atom is 0.252 e. The van der Waals surface area contributed by atoms with Crippen molar-refractivity contribution in [1.29, 1.82) is 0 Å². The fourth-order valence-electron chi connectivity index (χ4n) is 2.36. The zero-order valence-corrected chi connectivity index (χ0v) is 13.0. The van der Waals surface area contributed by atoms with Crippen LogP contribution in [0.2, 0.25) is 0 Å². The molecule has 0 aliphatic carbocycles. The van der Waals surface area contributed by atoms with Gasteiger partial charge in [-0.05, 0) is 24.6 Å². The summed E-state index contributed by atoms with van der Waals surface area (Å²) in [6.45, 7) is 1.73. The predicted octanol–water partition coefficient (Wildman–Crippen LogP) is 2.42. The Morgan fingerprint density at radius 3 is 1.91 bits per heavy atom. The minimum atomic E-state index is -1.11. The fraction of sp³-hybridized carbons (Fsp3) is 0.222. The molecule has 0 unspecified atom stereocenters. The molecule has 2 aromatic rings. The van der Waals surface area contributed by atoms with Crippen LogP contribution in [0.3, 0.4) is 0 Å². The van der Waals surface area contributed by atoms with Gasteiger partial charge >= 0.3 is 0 Å². The summed E-state index contributed by atoms with van der Waals surface area (Å²) >= 11 is 0. The van der Waals surface area contributed by atoms with Crippen molar-refractivity contribution in [3.63, 3.8) is 0 Å². The molecular formula is C18H20N2O2. The molecule has 0 aromatic heterocycles. The Bertz CT molecular complexity index is 653. The highest BCUT2D eigenvalue weighted by atomic mass is 16.2. The van der Waals surface area contributed by atoms with Gasteiger partial charge in [0.2, 0.25) is 0 Å². The van der Waals surface area contributed by atoms with E-state index in [0.717, 1.165) is 5.56 Å². The van der Waals surface area contributed by atoms with Gasteiger partial charge < -0.3 is 10.2 Å². The van der Waals surface area contributed by atoms with Crippen LogP contribution >= 0.6 is 0 Å². The quantitative estimate of drug-likeness (QED) is 0.942. The molecule has 0 aliphatic heterocycles. The van der Waals surface area contributed by atoms with Crippen molar-refractivity contribution in [3.05, 3.63) is 71.8 Å². The molecule has 0 spiro atoms. The summed E-state index contributed by atoms with van der Waals surface area (Å²) < 4.78 is 0. The van der Waals surface area contributed by atoms with Crippen molar-refractivity contribution >= 4 is 11.8 Å². The van der Waals surface area contributed by atoms with Gasteiger partial charge in [-0.25, -0.2) is 0 Å². The van der Waals surface area contributed by atoms with E-state index in [4.69, 9.17) is 0 Å². The molecule has 0 heterocycles.